The lowest BCUT2D eigenvalue weighted by Gasteiger charge is -2.31. The van der Waals surface area contributed by atoms with E-state index in [9.17, 15) is 76.7 Å². The number of amides is 13. The van der Waals surface area contributed by atoms with E-state index in [-0.39, 0.29) is 93.2 Å². The maximum Gasteiger partial charge on any atom is 0.246 e. The van der Waals surface area contributed by atoms with Crippen molar-refractivity contribution in [1.82, 2.24) is 63.1 Å². The molecule has 11 atom stereocenters. The lowest BCUT2D eigenvalue weighted by atomic mass is 9.96. The molecule has 4 fully saturated rings. The summed E-state index contributed by atoms with van der Waals surface area (Å²) in [5.41, 5.74) is 19.0. The van der Waals surface area contributed by atoms with E-state index in [4.69, 9.17) is 27.8 Å². The average Bonchev–Trinajstić information content (AvgIpc) is 1.77. The Labute approximate surface area is 597 Å². The SMILES string of the molecule is CC(C)C[C@H](NC(=O)[C@@H]1CCCN1C(=O)C1CSCCCC(=O)CN1)C(=O)C(=O)CNN.CC[C@H](C)[C@@H]1NC(=O)[C@H](Cc2ccc(OC)cc2)NC(=O)CCCSC[C@@H](C(=O)N2CCC[C@H]2C(=O)N[C@@H](CC(C)C)C(=O)NCC(N)=O)NC(=O)[C@H](CC(N)=O)NC(=O)[C@H](CCC(N)=O)NC1=O. The minimum absolute atomic E-state index is 0.0237. The maximum atomic E-state index is 14.5. The van der Waals surface area contributed by atoms with Gasteiger partial charge in [-0.3, -0.25) is 93.3 Å². The number of thioether (sulfide) groups is 2. The van der Waals surface area contributed by atoms with Crippen LogP contribution in [-0.4, -0.2) is 227 Å². The van der Waals surface area contributed by atoms with Crippen LogP contribution in [0.15, 0.2) is 24.3 Å². The van der Waals surface area contributed by atoms with Crippen LogP contribution in [0.25, 0.3) is 0 Å². The highest BCUT2D eigenvalue weighted by atomic mass is 32.2. The Balaban J connectivity index is 0.000000561. The van der Waals surface area contributed by atoms with Crippen LogP contribution in [-0.2, 0) is 83.1 Å². The molecule has 0 aromatic heterocycles. The molecule has 1 unspecified atom stereocenters. The number of rotatable bonds is 27. The van der Waals surface area contributed by atoms with E-state index < -0.39 is 168 Å². The molecule has 0 bridgehead atoms. The van der Waals surface area contributed by atoms with Gasteiger partial charge in [0.15, 0.2) is 0 Å². The molecule has 562 valence electrons. The summed E-state index contributed by atoms with van der Waals surface area (Å²) >= 11 is 2.80. The lowest BCUT2D eigenvalue weighted by molar-refractivity contribution is -0.142. The molecule has 0 spiro atoms. The molecule has 13 amide bonds. The zero-order valence-electron chi connectivity index (χ0n) is 58.7. The van der Waals surface area contributed by atoms with Crippen molar-refractivity contribution in [3.05, 3.63) is 29.8 Å². The number of primary amides is 3. The molecule has 0 saturated carbocycles. The van der Waals surface area contributed by atoms with Gasteiger partial charge < -0.3 is 74.3 Å². The predicted octanol–water partition coefficient (Wildman–Crippen LogP) is -3.34. The van der Waals surface area contributed by atoms with E-state index in [1.54, 1.807) is 49.9 Å². The molecule has 0 aliphatic carbocycles. The highest BCUT2D eigenvalue weighted by Crippen LogP contribution is 2.24. The standard InChI is InChI=1S/C45H69N11O12S.C21H35N5O5S/c1-6-25(4)38-44(66)51-28(15-16-34(46)57)40(62)52-31(21-35(47)58)41(63)54-32(23-69-18-8-10-37(60)50-30(42(64)55-38)20-26-11-13-27(68-5)14-12-26)45(67)56-17-7-9-33(56)43(65)53-29(19-24(2)3)39(61)49-22-36(48)59;1-13(2)9-15(19(29)18(28)11-24-22)25-20(30)17-6-3-7-26(17)21(31)16-12-32-8-4-5-14(27)10-23-16/h11-14,24-25,28-33,38H,6-10,15-23H2,1-5H3,(H2,46,57)(H2,47,58)(H2,48,59)(H,49,61)(H,50,60)(H,51,66)(H,52,62)(H,53,65)(H,54,63)(H,55,64);13,15-17,23-24H,3-12,22H2,1-2H3,(H,25,30)/t25-,28-,29-,30-,31-,32-,33-,38-;15-,16?,17-/m00/s1. The van der Waals surface area contributed by atoms with E-state index in [0.29, 0.717) is 62.1 Å². The number of Topliss-reactive ketones (excluding diaryl/α,β-unsaturated/α-hetero) is 3. The second-order valence-electron chi connectivity index (χ2n) is 26.3. The third-order valence-electron chi connectivity index (χ3n) is 17.2. The van der Waals surface area contributed by atoms with Gasteiger partial charge in [-0.2, -0.15) is 23.5 Å². The van der Waals surface area contributed by atoms with Crippen LogP contribution in [0.4, 0.5) is 0 Å². The normalized spacial score (nSPS) is 23.2. The molecule has 0 radical (unpaired) electrons. The fourth-order valence-electron chi connectivity index (χ4n) is 11.6. The molecule has 4 heterocycles. The smallest absolute Gasteiger partial charge is 0.246 e. The van der Waals surface area contributed by atoms with Crippen LogP contribution >= 0.6 is 23.5 Å². The van der Waals surface area contributed by atoms with Gasteiger partial charge in [-0.15, -0.1) is 0 Å². The van der Waals surface area contributed by atoms with Crippen molar-refractivity contribution >= 4 is 118 Å². The molecular weight excluding hydrogens is 1350 g/mol. The van der Waals surface area contributed by atoms with Crippen molar-refractivity contribution < 1.29 is 81.4 Å². The van der Waals surface area contributed by atoms with Gasteiger partial charge in [0, 0.05) is 50.3 Å². The summed E-state index contributed by atoms with van der Waals surface area (Å²) in [5, 5.41) is 23.9. The van der Waals surface area contributed by atoms with E-state index in [0.717, 1.165) is 12.2 Å². The summed E-state index contributed by atoms with van der Waals surface area (Å²) in [4.78, 5) is 212. The van der Waals surface area contributed by atoms with E-state index in [2.05, 4.69) is 53.3 Å². The van der Waals surface area contributed by atoms with Gasteiger partial charge in [0.2, 0.25) is 88.4 Å². The number of nitrogens with two attached hydrogens (primary N) is 4. The molecule has 4 aliphatic heterocycles. The average molecular weight is 1460 g/mol. The van der Waals surface area contributed by atoms with Gasteiger partial charge >= 0.3 is 0 Å². The Bertz CT molecular complexity index is 3090. The van der Waals surface area contributed by atoms with Crippen LogP contribution in [0.3, 0.4) is 0 Å². The van der Waals surface area contributed by atoms with Crippen molar-refractivity contribution in [1.29, 1.82) is 0 Å². The van der Waals surface area contributed by atoms with Crippen molar-refractivity contribution in [2.75, 3.05) is 62.8 Å². The first kappa shape index (κ1) is 85.1. The minimum atomic E-state index is -1.71. The number of carbonyl (C=O) groups is 16. The van der Waals surface area contributed by atoms with Crippen LogP contribution in [0, 0.1) is 17.8 Å². The fourth-order valence-corrected chi connectivity index (χ4v) is 13.6. The number of hydrazine groups is 1. The third-order valence-corrected chi connectivity index (χ3v) is 19.5. The Morgan fingerprint density at radius 3 is 1.72 bits per heavy atom. The Morgan fingerprint density at radius 1 is 0.624 bits per heavy atom. The van der Waals surface area contributed by atoms with Crippen molar-refractivity contribution in [2.45, 2.75) is 198 Å². The quantitative estimate of drug-likeness (QED) is 0.0233. The highest BCUT2D eigenvalue weighted by Gasteiger charge is 2.43. The zero-order valence-corrected chi connectivity index (χ0v) is 60.4. The first-order valence-corrected chi connectivity index (χ1v) is 36.6. The summed E-state index contributed by atoms with van der Waals surface area (Å²) in [6, 6.07) is -4.61. The van der Waals surface area contributed by atoms with Gasteiger partial charge in [-0.25, -0.2) is 0 Å². The van der Waals surface area contributed by atoms with E-state index in [1.165, 1.54) is 28.7 Å². The number of likely N-dealkylation sites (tertiary alicyclic amines) is 2. The second-order valence-corrected chi connectivity index (χ2v) is 28.6. The van der Waals surface area contributed by atoms with Crippen molar-refractivity contribution in [3.63, 3.8) is 0 Å². The molecule has 5 rings (SSSR count). The van der Waals surface area contributed by atoms with Crippen molar-refractivity contribution in [2.24, 2.45) is 40.8 Å². The number of methoxy groups -OCH3 is 1. The Kier molecular flexibility index (Phi) is 36.7. The summed E-state index contributed by atoms with van der Waals surface area (Å²) in [6.45, 7) is 10.8. The summed E-state index contributed by atoms with van der Waals surface area (Å²) in [5.74, 6) is -4.00. The number of ketones is 3. The van der Waals surface area contributed by atoms with Crippen LogP contribution in [0.1, 0.15) is 137 Å². The Hall–Kier alpha value is -8.28. The minimum Gasteiger partial charge on any atom is -0.497 e. The summed E-state index contributed by atoms with van der Waals surface area (Å²) in [6.07, 6.45) is 2.58. The number of hydrogen-bond acceptors (Lipinski definition) is 22. The van der Waals surface area contributed by atoms with Crippen LogP contribution in [0.2, 0.25) is 0 Å². The molecule has 18 N–H and O–H groups in total. The first-order chi connectivity index (χ1) is 47.9. The van der Waals surface area contributed by atoms with Gasteiger partial charge in [-0.05, 0) is 105 Å². The van der Waals surface area contributed by atoms with Crippen molar-refractivity contribution in [3.8, 4) is 5.75 Å². The van der Waals surface area contributed by atoms with Gasteiger partial charge in [0.05, 0.1) is 45.2 Å². The largest absolute Gasteiger partial charge is 0.497 e. The summed E-state index contributed by atoms with van der Waals surface area (Å²) < 4.78 is 5.25. The third kappa shape index (κ3) is 28.9. The molecule has 1 aromatic rings. The number of nitrogens with one attached hydrogen (secondary N) is 10. The Morgan fingerprint density at radius 2 is 1.17 bits per heavy atom. The highest BCUT2D eigenvalue weighted by molar-refractivity contribution is 7.99. The number of ether oxygens (including phenoxy) is 1. The molecular formula is C66H104N16O17S2. The van der Waals surface area contributed by atoms with E-state index in [1.807, 2.05) is 27.7 Å². The van der Waals surface area contributed by atoms with Crippen LogP contribution < -0.4 is 81.1 Å². The van der Waals surface area contributed by atoms with E-state index >= 15 is 0 Å². The topological polar surface area (TPSA) is 513 Å². The monoisotopic (exact) mass is 1460 g/mol. The molecule has 1 aromatic carbocycles. The first-order valence-electron chi connectivity index (χ1n) is 34.3. The van der Waals surface area contributed by atoms with Gasteiger partial charge in [0.25, 0.3) is 0 Å². The molecule has 4 aliphatic rings. The van der Waals surface area contributed by atoms with Gasteiger partial charge in [-0.1, -0.05) is 60.1 Å². The molecule has 35 heteroatoms. The molecule has 101 heavy (non-hydrogen) atoms. The summed E-state index contributed by atoms with van der Waals surface area (Å²) in [7, 11) is 1.50. The van der Waals surface area contributed by atoms with Crippen LogP contribution in [0.5, 0.6) is 5.75 Å². The number of nitrogens with zero attached hydrogens (tertiary/aromatic N) is 2. The predicted molar refractivity (Wildman–Crippen MR) is 375 cm³/mol. The second kappa shape index (κ2) is 43.5. The fraction of sp³-hybridized carbons (Fsp3) is 0.667. The lowest BCUT2D eigenvalue weighted by Crippen LogP contribution is -2.61. The number of carbonyl (C=O) groups excluding carboxylic acids is 16. The van der Waals surface area contributed by atoms with Gasteiger partial charge in [0.1, 0.15) is 59.9 Å². The maximum absolute atomic E-state index is 14.5. The molecule has 4 saturated heterocycles. The number of hydrogen-bond donors (Lipinski definition) is 14. The molecule has 33 nitrogen and oxygen atoms in total. The number of benzene rings is 1. The zero-order chi connectivity index (χ0) is 75.0.